The third-order valence-corrected chi connectivity index (χ3v) is 2.33. The molecule has 0 bridgehead atoms. The van der Waals surface area contributed by atoms with Crippen LogP contribution in [0.25, 0.3) is 0 Å². The topological polar surface area (TPSA) is 26.3 Å². The first-order valence-corrected chi connectivity index (χ1v) is 4.87. The van der Waals surface area contributed by atoms with E-state index in [2.05, 4.69) is 0 Å². The SMILES string of the molecule is COc1ccc(C(C)CC(C)=O)c(F)c1. The summed E-state index contributed by atoms with van der Waals surface area (Å²) < 4.78 is 18.5. The van der Waals surface area contributed by atoms with E-state index >= 15 is 0 Å². The van der Waals surface area contributed by atoms with Crippen LogP contribution in [0.4, 0.5) is 4.39 Å². The lowest BCUT2D eigenvalue weighted by atomic mass is 9.95. The van der Waals surface area contributed by atoms with E-state index in [0.29, 0.717) is 17.7 Å². The summed E-state index contributed by atoms with van der Waals surface area (Å²) in [6.45, 7) is 3.35. The van der Waals surface area contributed by atoms with Crippen LogP contribution in [0.5, 0.6) is 5.75 Å². The Hall–Kier alpha value is -1.38. The van der Waals surface area contributed by atoms with Gasteiger partial charge in [-0.3, -0.25) is 0 Å². The van der Waals surface area contributed by atoms with Gasteiger partial charge in [0.2, 0.25) is 0 Å². The quantitative estimate of drug-likeness (QED) is 0.763. The molecule has 0 fully saturated rings. The van der Waals surface area contributed by atoms with Gasteiger partial charge in [0.1, 0.15) is 17.3 Å². The fourth-order valence-corrected chi connectivity index (χ4v) is 1.58. The highest BCUT2D eigenvalue weighted by Gasteiger charge is 2.13. The largest absolute Gasteiger partial charge is 0.497 e. The number of benzene rings is 1. The number of ketones is 1. The zero-order chi connectivity index (χ0) is 11.4. The molecule has 2 nitrogen and oxygen atoms in total. The average molecular weight is 210 g/mol. The Bertz CT molecular complexity index is 361. The van der Waals surface area contributed by atoms with Crippen molar-refractivity contribution in [3.05, 3.63) is 29.6 Å². The normalized spacial score (nSPS) is 12.3. The van der Waals surface area contributed by atoms with Gasteiger partial charge in [-0.05, 0) is 24.5 Å². The lowest BCUT2D eigenvalue weighted by Crippen LogP contribution is -2.03. The van der Waals surface area contributed by atoms with Crippen molar-refractivity contribution < 1.29 is 13.9 Å². The lowest BCUT2D eigenvalue weighted by Gasteiger charge is -2.11. The van der Waals surface area contributed by atoms with Crippen molar-refractivity contribution in [2.75, 3.05) is 7.11 Å². The van der Waals surface area contributed by atoms with Crippen LogP contribution in [0.15, 0.2) is 18.2 Å². The van der Waals surface area contributed by atoms with Crippen LogP contribution in [-0.2, 0) is 4.79 Å². The minimum absolute atomic E-state index is 0.0673. The predicted molar refractivity (Wildman–Crippen MR) is 56.7 cm³/mol. The van der Waals surface area contributed by atoms with Gasteiger partial charge in [-0.2, -0.15) is 0 Å². The molecule has 1 aromatic carbocycles. The van der Waals surface area contributed by atoms with E-state index in [9.17, 15) is 9.18 Å². The second-order valence-electron chi connectivity index (χ2n) is 3.69. The molecular weight excluding hydrogens is 195 g/mol. The Labute approximate surface area is 89.1 Å². The van der Waals surface area contributed by atoms with Gasteiger partial charge in [-0.1, -0.05) is 13.0 Å². The van der Waals surface area contributed by atoms with Gasteiger partial charge in [0.25, 0.3) is 0 Å². The molecule has 0 radical (unpaired) electrons. The van der Waals surface area contributed by atoms with Gasteiger partial charge < -0.3 is 9.53 Å². The first-order valence-electron chi connectivity index (χ1n) is 4.87. The Kier molecular flexibility index (Phi) is 3.83. The number of halogens is 1. The molecule has 1 rings (SSSR count). The van der Waals surface area contributed by atoms with E-state index in [4.69, 9.17) is 4.74 Å². The van der Waals surface area contributed by atoms with E-state index in [1.165, 1.54) is 20.1 Å². The maximum Gasteiger partial charge on any atom is 0.130 e. The van der Waals surface area contributed by atoms with Crippen molar-refractivity contribution in [2.24, 2.45) is 0 Å². The summed E-state index contributed by atoms with van der Waals surface area (Å²) in [4.78, 5) is 10.9. The first kappa shape index (κ1) is 11.7. The average Bonchev–Trinajstić information content (AvgIpc) is 2.16. The molecule has 0 saturated heterocycles. The molecule has 82 valence electrons. The number of Topliss-reactive ketones (excluding diaryl/α,β-unsaturated/α-hetero) is 1. The van der Waals surface area contributed by atoms with Gasteiger partial charge in [-0.15, -0.1) is 0 Å². The lowest BCUT2D eigenvalue weighted by molar-refractivity contribution is -0.117. The van der Waals surface area contributed by atoms with Crippen LogP contribution in [-0.4, -0.2) is 12.9 Å². The summed E-state index contributed by atoms with van der Waals surface area (Å²) in [5.41, 5.74) is 0.561. The van der Waals surface area contributed by atoms with Crippen molar-refractivity contribution >= 4 is 5.78 Å². The highest BCUT2D eigenvalue weighted by molar-refractivity contribution is 5.76. The number of hydrogen-bond donors (Lipinski definition) is 0. The molecule has 0 aromatic heterocycles. The second kappa shape index (κ2) is 4.91. The molecule has 1 aromatic rings. The summed E-state index contributed by atoms with van der Waals surface area (Å²) in [7, 11) is 1.49. The zero-order valence-electron chi connectivity index (χ0n) is 9.21. The fraction of sp³-hybridized carbons (Fsp3) is 0.417. The number of methoxy groups -OCH3 is 1. The van der Waals surface area contributed by atoms with E-state index in [0.717, 1.165) is 0 Å². The molecule has 1 unspecified atom stereocenters. The van der Waals surface area contributed by atoms with Crippen molar-refractivity contribution in [1.82, 2.24) is 0 Å². The monoisotopic (exact) mass is 210 g/mol. The summed E-state index contributed by atoms with van der Waals surface area (Å²) in [5.74, 6) is 0.153. The van der Waals surface area contributed by atoms with Gasteiger partial charge in [0, 0.05) is 12.5 Å². The molecule has 15 heavy (non-hydrogen) atoms. The van der Waals surface area contributed by atoms with Gasteiger partial charge >= 0.3 is 0 Å². The smallest absolute Gasteiger partial charge is 0.130 e. The van der Waals surface area contributed by atoms with Crippen molar-refractivity contribution in [3.8, 4) is 5.75 Å². The molecule has 1 atom stereocenters. The van der Waals surface area contributed by atoms with Crippen molar-refractivity contribution in [1.29, 1.82) is 0 Å². The predicted octanol–water partition coefficient (Wildman–Crippen LogP) is 2.92. The molecule has 3 heteroatoms. The Morgan fingerprint density at radius 3 is 2.67 bits per heavy atom. The Morgan fingerprint density at radius 1 is 1.53 bits per heavy atom. The van der Waals surface area contributed by atoms with Crippen LogP contribution in [0, 0.1) is 5.82 Å². The van der Waals surface area contributed by atoms with E-state index < -0.39 is 0 Å². The number of rotatable bonds is 4. The number of hydrogen-bond acceptors (Lipinski definition) is 2. The Morgan fingerprint density at radius 2 is 2.20 bits per heavy atom. The third-order valence-electron chi connectivity index (χ3n) is 2.33. The molecule has 0 heterocycles. The summed E-state index contributed by atoms with van der Waals surface area (Å²) in [6.07, 6.45) is 0.364. The highest BCUT2D eigenvalue weighted by atomic mass is 19.1. The molecule has 0 aliphatic carbocycles. The zero-order valence-corrected chi connectivity index (χ0v) is 9.21. The third kappa shape index (κ3) is 3.05. The van der Waals surface area contributed by atoms with Crippen LogP contribution < -0.4 is 4.74 Å². The summed E-state index contributed by atoms with van der Waals surface area (Å²) in [5, 5.41) is 0. The van der Waals surface area contributed by atoms with Gasteiger partial charge in [-0.25, -0.2) is 4.39 Å². The first-order chi connectivity index (χ1) is 7.04. The number of carbonyl (C=O) groups is 1. The molecular formula is C12H15FO2. The minimum atomic E-state index is -0.317. The highest BCUT2D eigenvalue weighted by Crippen LogP contribution is 2.25. The molecule has 0 spiro atoms. The van der Waals surface area contributed by atoms with E-state index in [1.807, 2.05) is 6.92 Å². The molecule has 0 amide bonds. The van der Waals surface area contributed by atoms with Crippen molar-refractivity contribution in [3.63, 3.8) is 0 Å². The van der Waals surface area contributed by atoms with E-state index in [-0.39, 0.29) is 17.5 Å². The van der Waals surface area contributed by atoms with Gasteiger partial charge in [0.05, 0.1) is 7.11 Å². The van der Waals surface area contributed by atoms with Crippen LogP contribution >= 0.6 is 0 Å². The summed E-state index contributed by atoms with van der Waals surface area (Å²) in [6, 6.07) is 4.71. The van der Waals surface area contributed by atoms with Crippen LogP contribution in [0.3, 0.4) is 0 Å². The minimum Gasteiger partial charge on any atom is -0.497 e. The molecule has 0 saturated carbocycles. The fourth-order valence-electron chi connectivity index (χ4n) is 1.58. The number of ether oxygens (including phenoxy) is 1. The van der Waals surface area contributed by atoms with Crippen LogP contribution in [0.2, 0.25) is 0 Å². The van der Waals surface area contributed by atoms with Crippen LogP contribution in [0.1, 0.15) is 31.7 Å². The second-order valence-corrected chi connectivity index (χ2v) is 3.69. The maximum absolute atomic E-state index is 13.5. The Balaban J connectivity index is 2.90. The van der Waals surface area contributed by atoms with E-state index in [1.54, 1.807) is 12.1 Å². The van der Waals surface area contributed by atoms with Gasteiger partial charge in [0.15, 0.2) is 0 Å². The standard InChI is InChI=1S/C12H15FO2/c1-8(6-9(2)14)11-5-4-10(15-3)7-12(11)13/h4-5,7-8H,6H2,1-3H3. The maximum atomic E-state index is 13.5. The number of carbonyl (C=O) groups excluding carboxylic acids is 1. The molecule has 0 aliphatic heterocycles. The molecule has 0 N–H and O–H groups in total. The summed E-state index contributed by atoms with van der Waals surface area (Å²) >= 11 is 0. The molecule has 0 aliphatic rings. The van der Waals surface area contributed by atoms with Crippen molar-refractivity contribution in [2.45, 2.75) is 26.2 Å².